The average Bonchev–Trinajstić information content (AvgIpc) is 2.16. The molecule has 1 aromatic rings. The van der Waals surface area contributed by atoms with Crippen LogP contribution in [0.5, 0.6) is 0 Å². The van der Waals surface area contributed by atoms with Gasteiger partial charge in [0.25, 0.3) is 5.24 Å². The van der Waals surface area contributed by atoms with Crippen LogP contribution in [0.15, 0.2) is 12.1 Å². The Hall–Kier alpha value is -0.930. The smallest absolute Gasteiger partial charge is 0.253 e. The van der Waals surface area contributed by atoms with E-state index in [1.165, 1.54) is 12.1 Å². The van der Waals surface area contributed by atoms with Crippen molar-refractivity contribution in [1.29, 1.82) is 5.26 Å². The number of benzene rings is 1. The van der Waals surface area contributed by atoms with E-state index in [0.717, 1.165) is 0 Å². The maximum Gasteiger partial charge on any atom is 0.253 e. The molecule has 0 saturated carbocycles. The van der Waals surface area contributed by atoms with Gasteiger partial charge in [-0.05, 0) is 46.3 Å². The molecule has 0 aromatic heterocycles. The van der Waals surface area contributed by atoms with Gasteiger partial charge in [-0.2, -0.15) is 5.26 Å². The van der Waals surface area contributed by atoms with Crippen LogP contribution in [0.25, 0.3) is 0 Å². The second-order valence-electron chi connectivity index (χ2n) is 2.42. The fourth-order valence-corrected chi connectivity index (χ4v) is 1.96. The molecule has 0 bridgehead atoms. The monoisotopic (exact) mass is 319 g/mol. The van der Waals surface area contributed by atoms with Gasteiger partial charge in [-0.3, -0.25) is 9.59 Å². The Morgan fingerprint density at radius 2 is 2.21 bits per heavy atom. The second-order valence-corrected chi connectivity index (χ2v) is 3.93. The van der Waals surface area contributed by atoms with Crippen LogP contribution in [0.3, 0.4) is 0 Å². The highest BCUT2D eigenvalue weighted by Crippen LogP contribution is 2.19. The van der Waals surface area contributed by atoms with Crippen molar-refractivity contribution in [2.75, 3.05) is 0 Å². The van der Waals surface area contributed by atoms with Crippen molar-refractivity contribution in [2.24, 2.45) is 0 Å². The Morgan fingerprint density at radius 1 is 1.57 bits per heavy atom. The van der Waals surface area contributed by atoms with Gasteiger partial charge in [0.05, 0.1) is 11.6 Å². The average molecular weight is 319 g/mol. The Labute approximate surface area is 98.8 Å². The largest absolute Gasteiger partial charge is 0.298 e. The molecule has 0 saturated heterocycles. The number of hydrogen-bond acceptors (Lipinski definition) is 3. The molecular formula is C9H3ClINO2. The number of carbonyl (C=O) groups is 2. The molecule has 0 heterocycles. The normalized spacial score (nSPS) is 9.21. The molecule has 0 amide bonds. The molecule has 0 fully saturated rings. The van der Waals surface area contributed by atoms with Crippen LogP contribution < -0.4 is 0 Å². The Kier molecular flexibility index (Phi) is 3.61. The Balaban J connectivity index is 3.47. The van der Waals surface area contributed by atoms with E-state index < -0.39 is 5.24 Å². The Bertz CT molecular complexity index is 450. The lowest BCUT2D eigenvalue weighted by atomic mass is 10.1. The maximum atomic E-state index is 10.9. The number of nitrogens with zero attached hydrogens (tertiary/aromatic N) is 1. The van der Waals surface area contributed by atoms with Crippen molar-refractivity contribution < 1.29 is 9.59 Å². The molecule has 0 aliphatic carbocycles. The molecule has 0 spiro atoms. The zero-order chi connectivity index (χ0) is 10.7. The zero-order valence-corrected chi connectivity index (χ0v) is 9.67. The Morgan fingerprint density at radius 3 is 2.64 bits per heavy atom. The van der Waals surface area contributed by atoms with E-state index in [1.807, 2.05) is 28.7 Å². The van der Waals surface area contributed by atoms with E-state index >= 15 is 0 Å². The molecule has 0 atom stereocenters. The summed E-state index contributed by atoms with van der Waals surface area (Å²) in [5.41, 5.74) is 0.663. The van der Waals surface area contributed by atoms with Crippen molar-refractivity contribution in [3.05, 3.63) is 32.4 Å². The minimum Gasteiger partial charge on any atom is -0.298 e. The van der Waals surface area contributed by atoms with Crippen LogP contribution in [0.1, 0.15) is 26.3 Å². The highest BCUT2D eigenvalue weighted by Gasteiger charge is 2.11. The van der Waals surface area contributed by atoms with Gasteiger partial charge in [0.1, 0.15) is 0 Å². The molecule has 0 radical (unpaired) electrons. The third kappa shape index (κ3) is 2.11. The summed E-state index contributed by atoms with van der Waals surface area (Å²) in [6.07, 6.45) is 0.526. The van der Waals surface area contributed by atoms with Gasteiger partial charge in [0.2, 0.25) is 0 Å². The van der Waals surface area contributed by atoms with Crippen molar-refractivity contribution in [1.82, 2.24) is 0 Å². The number of nitriles is 1. The predicted molar refractivity (Wildman–Crippen MR) is 59.4 cm³/mol. The molecule has 0 N–H and O–H groups in total. The lowest BCUT2D eigenvalue weighted by Gasteiger charge is -2.01. The van der Waals surface area contributed by atoms with E-state index in [2.05, 4.69) is 0 Å². The topological polar surface area (TPSA) is 57.9 Å². The molecule has 0 aliphatic heterocycles. The van der Waals surface area contributed by atoms with Gasteiger partial charge in [-0.1, -0.05) is 0 Å². The first-order chi connectivity index (χ1) is 6.60. The van der Waals surface area contributed by atoms with Crippen LogP contribution in [0.4, 0.5) is 0 Å². The molecule has 5 heteroatoms. The van der Waals surface area contributed by atoms with Crippen molar-refractivity contribution in [3.63, 3.8) is 0 Å². The van der Waals surface area contributed by atoms with Gasteiger partial charge >= 0.3 is 0 Å². The summed E-state index contributed by atoms with van der Waals surface area (Å²) in [7, 11) is 0. The van der Waals surface area contributed by atoms with Crippen LogP contribution >= 0.6 is 34.2 Å². The molecule has 3 nitrogen and oxygen atoms in total. The van der Waals surface area contributed by atoms with Gasteiger partial charge in [-0.25, -0.2) is 0 Å². The molecule has 14 heavy (non-hydrogen) atoms. The highest BCUT2D eigenvalue weighted by molar-refractivity contribution is 14.1. The van der Waals surface area contributed by atoms with Crippen molar-refractivity contribution >= 4 is 45.7 Å². The first-order valence-electron chi connectivity index (χ1n) is 3.48. The summed E-state index contributed by atoms with van der Waals surface area (Å²) in [5, 5.41) is 8.04. The third-order valence-electron chi connectivity index (χ3n) is 1.60. The fourth-order valence-electron chi connectivity index (χ4n) is 0.935. The highest BCUT2D eigenvalue weighted by atomic mass is 127. The lowest BCUT2D eigenvalue weighted by Crippen LogP contribution is -1.98. The quantitative estimate of drug-likeness (QED) is 0.478. The predicted octanol–water partition coefficient (Wildman–Crippen LogP) is 2.35. The van der Waals surface area contributed by atoms with Gasteiger partial charge < -0.3 is 0 Å². The van der Waals surface area contributed by atoms with E-state index in [1.54, 1.807) is 0 Å². The van der Waals surface area contributed by atoms with Crippen LogP contribution in [-0.2, 0) is 0 Å². The first-order valence-corrected chi connectivity index (χ1v) is 4.94. The number of rotatable bonds is 2. The second kappa shape index (κ2) is 4.53. The zero-order valence-electron chi connectivity index (χ0n) is 6.75. The summed E-state index contributed by atoms with van der Waals surface area (Å²) in [5.74, 6) is 0. The summed E-state index contributed by atoms with van der Waals surface area (Å²) in [4.78, 5) is 21.5. The number of carbonyl (C=O) groups excluding carboxylic acids is 2. The third-order valence-corrected chi connectivity index (χ3v) is 2.69. The summed E-state index contributed by atoms with van der Waals surface area (Å²) >= 11 is 7.18. The van der Waals surface area contributed by atoms with Crippen LogP contribution in [0, 0.1) is 14.9 Å². The molecular weight excluding hydrogens is 316 g/mol. The van der Waals surface area contributed by atoms with Gasteiger partial charge in [0, 0.05) is 14.7 Å². The van der Waals surface area contributed by atoms with Crippen molar-refractivity contribution in [2.45, 2.75) is 0 Å². The molecule has 0 aliphatic rings. The summed E-state index contributed by atoms with van der Waals surface area (Å²) in [6, 6.07) is 4.64. The van der Waals surface area contributed by atoms with Gasteiger partial charge in [-0.15, -0.1) is 0 Å². The lowest BCUT2D eigenvalue weighted by molar-refractivity contribution is 0.108. The SMILES string of the molecule is N#Cc1cc(I)c(C(=O)Cl)cc1C=O. The minimum atomic E-state index is -0.637. The van der Waals surface area contributed by atoms with E-state index in [0.29, 0.717) is 9.86 Å². The minimum absolute atomic E-state index is 0.178. The summed E-state index contributed by atoms with van der Waals surface area (Å²) in [6.45, 7) is 0. The molecule has 1 aromatic carbocycles. The van der Waals surface area contributed by atoms with Gasteiger partial charge in [0.15, 0.2) is 6.29 Å². The van der Waals surface area contributed by atoms with Crippen molar-refractivity contribution in [3.8, 4) is 6.07 Å². The van der Waals surface area contributed by atoms with E-state index in [-0.39, 0.29) is 16.7 Å². The maximum absolute atomic E-state index is 10.9. The number of halogens is 2. The number of hydrogen-bond donors (Lipinski definition) is 0. The van der Waals surface area contributed by atoms with Crippen LogP contribution in [-0.4, -0.2) is 11.5 Å². The van der Waals surface area contributed by atoms with E-state index in [4.69, 9.17) is 16.9 Å². The van der Waals surface area contributed by atoms with E-state index in [9.17, 15) is 9.59 Å². The standard InChI is InChI=1S/C9H3ClINO2/c10-9(14)7-1-6(4-13)5(3-12)2-8(7)11/h1-2,4H. The van der Waals surface area contributed by atoms with Crippen LogP contribution in [0.2, 0.25) is 0 Å². The first kappa shape index (κ1) is 11.1. The molecule has 1 rings (SSSR count). The molecule has 70 valence electrons. The number of aldehydes is 1. The molecule has 0 unspecified atom stereocenters. The summed E-state index contributed by atoms with van der Waals surface area (Å²) < 4.78 is 0.560. The fraction of sp³-hybridized carbons (Fsp3) is 0.